The van der Waals surface area contributed by atoms with Crippen LogP contribution in [0.5, 0.6) is 0 Å². The molecule has 268 valence electrons. The predicted octanol–water partition coefficient (Wildman–Crippen LogP) is 14.1. The average Bonchev–Trinajstić information content (AvgIpc) is 3.12. The molecule has 0 atom stereocenters. The lowest BCUT2D eigenvalue weighted by Crippen LogP contribution is -2.12. The Bertz CT molecular complexity index is 2120. The first-order valence-electron chi connectivity index (χ1n) is 19.3. The van der Waals surface area contributed by atoms with Crippen molar-refractivity contribution in [3.8, 4) is 0 Å². The number of hydrogen-bond donors (Lipinski definition) is 0. The molecule has 0 heteroatoms. The Hall–Kier alpha value is -4.42. The molecule has 0 unspecified atom stereocenters. The third-order valence-corrected chi connectivity index (χ3v) is 13.9. The summed E-state index contributed by atoms with van der Waals surface area (Å²) in [5.41, 5.74) is 30.7. The fraction of sp³-hybridized carbons (Fsp3) is 0.346. The summed E-state index contributed by atoms with van der Waals surface area (Å²) in [5, 5.41) is 2.59. The van der Waals surface area contributed by atoms with Gasteiger partial charge in [0.2, 0.25) is 0 Å². The number of aryl methyl sites for hydroxylation is 4. The Balaban J connectivity index is 1.65. The van der Waals surface area contributed by atoms with Crippen molar-refractivity contribution in [2.45, 2.75) is 123 Å². The van der Waals surface area contributed by atoms with E-state index in [0.717, 1.165) is 0 Å². The van der Waals surface area contributed by atoms with Crippen molar-refractivity contribution in [3.05, 3.63) is 183 Å². The Labute approximate surface area is 315 Å². The number of benzene rings is 6. The van der Waals surface area contributed by atoms with E-state index in [9.17, 15) is 0 Å². The maximum absolute atomic E-state index is 2.51. The maximum atomic E-state index is 2.51. The molecule has 0 amide bonds. The molecule has 0 aliphatic rings. The highest BCUT2D eigenvalue weighted by molar-refractivity contribution is 5.85. The standard InChI is InChI=1S/C52H60/c1-27-21-47(39(13)35(9)31(27)5)51(48-22-28(2)32(6)36(10)40(48)14)44-19-17-43-18-20-45(26-46(43)25-44)52(49-23-29(3)33(7)37(11)41(49)15)50-24-30(4)34(8)38(12)42(50)16/h17-26,51-52H,1-16H3. The molecule has 0 aliphatic carbocycles. The maximum Gasteiger partial charge on any atom is 0.0345 e. The second-order valence-corrected chi connectivity index (χ2v) is 16.4. The van der Waals surface area contributed by atoms with Crippen LogP contribution >= 0.6 is 0 Å². The number of fused-ring (bicyclic) bond motifs is 1. The van der Waals surface area contributed by atoms with E-state index >= 15 is 0 Å². The van der Waals surface area contributed by atoms with E-state index < -0.39 is 0 Å². The quantitative estimate of drug-likeness (QED) is 0.153. The first-order chi connectivity index (χ1) is 24.4. The van der Waals surface area contributed by atoms with Gasteiger partial charge in [-0.3, -0.25) is 0 Å². The van der Waals surface area contributed by atoms with Gasteiger partial charge in [-0.25, -0.2) is 0 Å². The average molecular weight is 685 g/mol. The zero-order valence-corrected chi connectivity index (χ0v) is 34.9. The largest absolute Gasteiger partial charge is 0.0574 e. The second kappa shape index (κ2) is 13.9. The zero-order chi connectivity index (χ0) is 38.1. The monoisotopic (exact) mass is 684 g/mol. The van der Waals surface area contributed by atoms with Gasteiger partial charge in [-0.15, -0.1) is 0 Å². The fourth-order valence-corrected chi connectivity index (χ4v) is 8.87. The topological polar surface area (TPSA) is 0 Å². The second-order valence-electron chi connectivity index (χ2n) is 16.4. The van der Waals surface area contributed by atoms with Crippen LogP contribution in [-0.2, 0) is 0 Å². The Morgan fingerprint density at radius 3 is 0.750 bits per heavy atom. The summed E-state index contributed by atoms with van der Waals surface area (Å²) in [5.74, 6) is 0.267. The summed E-state index contributed by atoms with van der Waals surface area (Å²) in [6.45, 7) is 36.7. The van der Waals surface area contributed by atoms with Crippen LogP contribution < -0.4 is 0 Å². The van der Waals surface area contributed by atoms with Crippen molar-refractivity contribution in [2.24, 2.45) is 0 Å². The van der Waals surface area contributed by atoms with Crippen LogP contribution in [0.3, 0.4) is 0 Å². The minimum Gasteiger partial charge on any atom is -0.0574 e. The van der Waals surface area contributed by atoms with Crippen molar-refractivity contribution in [1.82, 2.24) is 0 Å². The van der Waals surface area contributed by atoms with E-state index in [0.29, 0.717) is 0 Å². The van der Waals surface area contributed by atoms with E-state index in [1.807, 2.05) is 0 Å². The van der Waals surface area contributed by atoms with E-state index in [4.69, 9.17) is 0 Å². The molecule has 6 aromatic carbocycles. The molecule has 0 saturated carbocycles. The molecule has 0 spiro atoms. The number of hydrogen-bond acceptors (Lipinski definition) is 0. The van der Waals surface area contributed by atoms with Gasteiger partial charge in [-0.2, -0.15) is 0 Å². The zero-order valence-electron chi connectivity index (χ0n) is 34.9. The molecule has 0 aliphatic heterocycles. The molecule has 0 nitrogen and oxygen atoms in total. The Morgan fingerprint density at radius 1 is 0.250 bits per heavy atom. The first-order valence-corrected chi connectivity index (χ1v) is 19.3. The van der Waals surface area contributed by atoms with Gasteiger partial charge in [0.25, 0.3) is 0 Å². The fourth-order valence-electron chi connectivity index (χ4n) is 8.87. The summed E-state index contributed by atoms with van der Waals surface area (Å²) >= 11 is 0. The summed E-state index contributed by atoms with van der Waals surface area (Å²) in [4.78, 5) is 0. The predicted molar refractivity (Wildman–Crippen MR) is 227 cm³/mol. The van der Waals surface area contributed by atoms with E-state index in [1.54, 1.807) is 0 Å². The molecule has 0 heterocycles. The van der Waals surface area contributed by atoms with E-state index in [-0.39, 0.29) is 11.8 Å². The van der Waals surface area contributed by atoms with Crippen molar-refractivity contribution in [2.75, 3.05) is 0 Å². The SMILES string of the molecule is Cc1cc(C(c2ccc3ccc(C(c4cc(C)c(C)c(C)c4C)c4cc(C)c(C)c(C)c4C)cc3c2)c2cc(C)c(C)c(C)c2C)c(C)c(C)c1C. The van der Waals surface area contributed by atoms with Gasteiger partial charge in [0, 0.05) is 11.8 Å². The van der Waals surface area contributed by atoms with Gasteiger partial charge in [-0.1, -0.05) is 60.7 Å². The van der Waals surface area contributed by atoms with Gasteiger partial charge < -0.3 is 0 Å². The van der Waals surface area contributed by atoms with Crippen LogP contribution in [0.2, 0.25) is 0 Å². The summed E-state index contributed by atoms with van der Waals surface area (Å²) < 4.78 is 0. The molecule has 0 N–H and O–H groups in total. The first kappa shape index (κ1) is 37.3. The van der Waals surface area contributed by atoms with Crippen molar-refractivity contribution < 1.29 is 0 Å². The number of rotatable bonds is 6. The Morgan fingerprint density at radius 2 is 0.500 bits per heavy atom. The minimum absolute atomic E-state index is 0.133. The lowest BCUT2D eigenvalue weighted by molar-refractivity contribution is 0.926. The van der Waals surface area contributed by atoms with Crippen LogP contribution in [0.1, 0.15) is 134 Å². The lowest BCUT2D eigenvalue weighted by atomic mass is 9.76. The summed E-state index contributed by atoms with van der Waals surface area (Å²) in [6, 6.07) is 24.4. The van der Waals surface area contributed by atoms with Crippen molar-refractivity contribution >= 4 is 10.8 Å². The minimum atomic E-state index is 0.133. The van der Waals surface area contributed by atoms with E-state index in [2.05, 4.69) is 171 Å². The molecule has 52 heavy (non-hydrogen) atoms. The van der Waals surface area contributed by atoms with Crippen LogP contribution in [0.4, 0.5) is 0 Å². The Kier molecular flexibility index (Phi) is 9.95. The molecule has 6 aromatic rings. The smallest absolute Gasteiger partial charge is 0.0345 e. The van der Waals surface area contributed by atoms with Crippen LogP contribution in [-0.4, -0.2) is 0 Å². The van der Waals surface area contributed by atoms with Gasteiger partial charge in [0.1, 0.15) is 0 Å². The lowest BCUT2D eigenvalue weighted by Gasteiger charge is -2.28. The van der Waals surface area contributed by atoms with E-state index in [1.165, 1.54) is 133 Å². The normalized spacial score (nSPS) is 11.8. The molecular weight excluding hydrogens is 625 g/mol. The molecule has 6 rings (SSSR count). The summed E-state index contributed by atoms with van der Waals surface area (Å²) in [6.07, 6.45) is 0. The highest BCUT2D eigenvalue weighted by atomic mass is 14.3. The molecule has 0 fully saturated rings. The highest BCUT2D eigenvalue weighted by Crippen LogP contribution is 2.43. The molecular formula is C52H60. The van der Waals surface area contributed by atoms with Crippen LogP contribution in [0, 0.1) is 111 Å². The van der Waals surface area contributed by atoms with Crippen LogP contribution in [0.25, 0.3) is 10.8 Å². The van der Waals surface area contributed by atoms with Crippen molar-refractivity contribution in [3.63, 3.8) is 0 Å². The van der Waals surface area contributed by atoms with Gasteiger partial charge in [0.15, 0.2) is 0 Å². The third kappa shape index (κ3) is 6.13. The van der Waals surface area contributed by atoms with Gasteiger partial charge in [-0.05, 0) is 244 Å². The molecule has 0 radical (unpaired) electrons. The van der Waals surface area contributed by atoms with Crippen LogP contribution in [0.15, 0.2) is 60.7 Å². The summed E-state index contributed by atoms with van der Waals surface area (Å²) in [7, 11) is 0. The molecule has 0 aromatic heterocycles. The van der Waals surface area contributed by atoms with Crippen molar-refractivity contribution in [1.29, 1.82) is 0 Å². The molecule has 0 saturated heterocycles. The third-order valence-electron chi connectivity index (χ3n) is 13.9. The van der Waals surface area contributed by atoms with Gasteiger partial charge in [0.05, 0.1) is 0 Å². The molecule has 0 bridgehead atoms. The highest BCUT2D eigenvalue weighted by Gasteiger charge is 2.27. The van der Waals surface area contributed by atoms with Gasteiger partial charge >= 0.3 is 0 Å².